The molecule has 0 saturated carbocycles. The van der Waals surface area contributed by atoms with Crippen molar-refractivity contribution in [1.82, 2.24) is 5.32 Å². The molecule has 0 bridgehead atoms. The third-order valence-corrected chi connectivity index (χ3v) is 2.82. The van der Waals surface area contributed by atoms with Gasteiger partial charge in [0.1, 0.15) is 5.69 Å². The molecule has 0 aliphatic carbocycles. The van der Waals surface area contributed by atoms with Crippen molar-refractivity contribution >= 4 is 23.3 Å². The molecule has 0 heterocycles. The summed E-state index contributed by atoms with van der Waals surface area (Å²) in [5.41, 5.74) is -0.546. The van der Waals surface area contributed by atoms with Crippen LogP contribution in [-0.2, 0) is 0 Å². The third-order valence-electron chi connectivity index (χ3n) is 2.60. The molecule has 3 N–H and O–H groups in total. The third kappa shape index (κ3) is 5.30. The molecule has 0 spiro atoms. The fourth-order valence-corrected chi connectivity index (χ4v) is 1.94. The first-order chi connectivity index (χ1) is 9.29. The van der Waals surface area contributed by atoms with E-state index in [0.717, 1.165) is 12.1 Å². The minimum absolute atomic E-state index is 0.0423. The van der Waals surface area contributed by atoms with Gasteiger partial charge < -0.3 is 15.7 Å². The quantitative estimate of drug-likeness (QED) is 0.782. The Balaban J connectivity index is 2.55. The maximum Gasteiger partial charge on any atom is 0.319 e. The molecule has 7 heteroatoms. The van der Waals surface area contributed by atoms with E-state index in [2.05, 4.69) is 10.6 Å². The fraction of sp³-hybridized carbons (Fsp3) is 0.462. The van der Waals surface area contributed by atoms with Gasteiger partial charge in [-0.2, -0.15) is 0 Å². The molecule has 0 aromatic heterocycles. The highest BCUT2D eigenvalue weighted by atomic mass is 35.5. The number of hydrogen-bond donors (Lipinski definition) is 3. The second-order valence-electron chi connectivity index (χ2n) is 4.77. The number of aliphatic hydroxyl groups is 1. The summed E-state index contributed by atoms with van der Waals surface area (Å²) in [6, 6.07) is 1.11. The van der Waals surface area contributed by atoms with Crippen LogP contribution in [0.4, 0.5) is 19.3 Å². The molecule has 1 aromatic rings. The Hall–Kier alpha value is -1.40. The molecule has 0 aliphatic rings. The summed E-state index contributed by atoms with van der Waals surface area (Å²) < 4.78 is 26.9. The van der Waals surface area contributed by atoms with Crippen LogP contribution in [0.3, 0.4) is 0 Å². The minimum atomic E-state index is -0.942. The van der Waals surface area contributed by atoms with Crippen molar-refractivity contribution in [1.29, 1.82) is 0 Å². The zero-order chi connectivity index (χ0) is 15.3. The number of rotatable bonds is 5. The number of nitrogens with one attached hydrogen (secondary N) is 2. The first-order valence-corrected chi connectivity index (χ1v) is 6.54. The molecule has 4 nitrogen and oxygen atoms in total. The molecule has 1 aromatic carbocycles. The van der Waals surface area contributed by atoms with Crippen LogP contribution in [0.1, 0.15) is 20.3 Å². The second-order valence-corrected chi connectivity index (χ2v) is 5.21. The van der Waals surface area contributed by atoms with Crippen molar-refractivity contribution in [2.45, 2.75) is 26.4 Å². The number of benzene rings is 1. The van der Waals surface area contributed by atoms with Gasteiger partial charge in [-0.25, -0.2) is 13.6 Å². The van der Waals surface area contributed by atoms with E-state index in [1.165, 1.54) is 0 Å². The van der Waals surface area contributed by atoms with Crippen LogP contribution in [-0.4, -0.2) is 23.8 Å². The van der Waals surface area contributed by atoms with Gasteiger partial charge in [-0.15, -0.1) is 0 Å². The van der Waals surface area contributed by atoms with Gasteiger partial charge in [0.2, 0.25) is 0 Å². The molecular formula is C13H17ClF2N2O2. The minimum Gasteiger partial charge on any atom is -0.393 e. The Kier molecular flexibility index (Phi) is 6.16. The van der Waals surface area contributed by atoms with Crippen LogP contribution in [0, 0.1) is 17.6 Å². The van der Waals surface area contributed by atoms with Crippen LogP contribution in [0.25, 0.3) is 0 Å². The largest absolute Gasteiger partial charge is 0.393 e. The van der Waals surface area contributed by atoms with Crippen molar-refractivity contribution in [2.75, 3.05) is 11.9 Å². The lowest BCUT2D eigenvalue weighted by molar-refractivity contribution is 0.163. The van der Waals surface area contributed by atoms with Crippen LogP contribution in [0.2, 0.25) is 5.02 Å². The predicted molar refractivity (Wildman–Crippen MR) is 73.9 cm³/mol. The topological polar surface area (TPSA) is 61.4 Å². The maximum absolute atomic E-state index is 13.4. The number of amides is 2. The Labute approximate surface area is 121 Å². The van der Waals surface area contributed by atoms with E-state index in [0.29, 0.717) is 6.42 Å². The summed E-state index contributed by atoms with van der Waals surface area (Å²) in [5.74, 6) is -1.84. The monoisotopic (exact) mass is 306 g/mol. The van der Waals surface area contributed by atoms with Gasteiger partial charge >= 0.3 is 6.03 Å². The molecule has 0 saturated heterocycles. The van der Waals surface area contributed by atoms with Gasteiger partial charge in [0.25, 0.3) is 0 Å². The zero-order valence-electron chi connectivity index (χ0n) is 11.2. The van der Waals surface area contributed by atoms with Gasteiger partial charge in [-0.05, 0) is 31.4 Å². The molecule has 2 atom stereocenters. The van der Waals surface area contributed by atoms with Crippen molar-refractivity contribution in [2.24, 2.45) is 5.92 Å². The van der Waals surface area contributed by atoms with Crippen LogP contribution >= 0.6 is 11.6 Å². The van der Waals surface area contributed by atoms with Gasteiger partial charge in [-0.1, -0.05) is 18.5 Å². The van der Waals surface area contributed by atoms with E-state index >= 15 is 0 Å². The number of aliphatic hydroxyl groups excluding tert-OH is 1. The molecule has 0 fully saturated rings. The fourth-order valence-electron chi connectivity index (χ4n) is 1.75. The zero-order valence-corrected chi connectivity index (χ0v) is 12.0. The van der Waals surface area contributed by atoms with E-state index in [-0.39, 0.29) is 17.5 Å². The van der Waals surface area contributed by atoms with Gasteiger partial charge in [-0.3, -0.25) is 0 Å². The average molecular weight is 307 g/mol. The Bertz CT molecular complexity index is 460. The van der Waals surface area contributed by atoms with Crippen molar-refractivity contribution in [3.63, 3.8) is 0 Å². The summed E-state index contributed by atoms with van der Waals surface area (Å²) in [6.07, 6.45) is 0.0465. The van der Waals surface area contributed by atoms with Gasteiger partial charge in [0, 0.05) is 11.6 Å². The highest BCUT2D eigenvalue weighted by Crippen LogP contribution is 2.23. The summed E-state index contributed by atoms with van der Waals surface area (Å²) >= 11 is 5.48. The average Bonchev–Trinajstić information content (AvgIpc) is 2.30. The SMILES string of the molecule is CC(O)CC(C)CNC(=O)Nc1c(F)cc(Cl)cc1F. The molecule has 1 rings (SSSR count). The van der Waals surface area contributed by atoms with Crippen LogP contribution in [0.15, 0.2) is 12.1 Å². The highest BCUT2D eigenvalue weighted by Gasteiger charge is 2.14. The van der Waals surface area contributed by atoms with Crippen molar-refractivity contribution < 1.29 is 18.7 Å². The number of carbonyl (C=O) groups excluding carboxylic acids is 1. The number of anilines is 1. The lowest BCUT2D eigenvalue weighted by Gasteiger charge is -2.15. The lowest BCUT2D eigenvalue weighted by atomic mass is 10.1. The highest BCUT2D eigenvalue weighted by molar-refractivity contribution is 6.30. The second kappa shape index (κ2) is 7.40. The number of carbonyl (C=O) groups is 1. The Morgan fingerprint density at radius 1 is 1.35 bits per heavy atom. The van der Waals surface area contributed by atoms with Crippen molar-refractivity contribution in [3.05, 3.63) is 28.8 Å². The Morgan fingerprint density at radius 2 is 1.90 bits per heavy atom. The lowest BCUT2D eigenvalue weighted by Crippen LogP contribution is -2.33. The summed E-state index contributed by atoms with van der Waals surface area (Å²) in [7, 11) is 0. The summed E-state index contributed by atoms with van der Waals surface area (Å²) in [4.78, 5) is 11.5. The van der Waals surface area contributed by atoms with E-state index in [9.17, 15) is 18.7 Å². The molecule has 0 aliphatic heterocycles. The molecular weight excluding hydrogens is 290 g/mol. The van der Waals surface area contributed by atoms with E-state index < -0.39 is 29.5 Å². The Morgan fingerprint density at radius 3 is 2.40 bits per heavy atom. The molecule has 0 radical (unpaired) electrons. The molecule has 2 amide bonds. The molecule has 20 heavy (non-hydrogen) atoms. The number of urea groups is 1. The maximum atomic E-state index is 13.4. The number of halogens is 3. The van der Waals surface area contributed by atoms with Crippen LogP contribution in [0.5, 0.6) is 0 Å². The standard InChI is InChI=1S/C13H17ClF2N2O2/c1-7(3-8(2)19)6-17-13(20)18-12-10(15)4-9(14)5-11(12)16/h4-5,7-8,19H,3,6H2,1-2H3,(H2,17,18,20). The van der Waals surface area contributed by atoms with E-state index in [4.69, 9.17) is 11.6 Å². The summed E-state index contributed by atoms with van der Waals surface area (Å²) in [5, 5.41) is 13.7. The predicted octanol–water partition coefficient (Wildman–Crippen LogP) is 3.15. The van der Waals surface area contributed by atoms with Gasteiger partial charge in [0.05, 0.1) is 6.10 Å². The first-order valence-electron chi connectivity index (χ1n) is 6.17. The summed E-state index contributed by atoms with van der Waals surface area (Å²) in [6.45, 7) is 3.78. The van der Waals surface area contributed by atoms with Gasteiger partial charge in [0.15, 0.2) is 11.6 Å². The van der Waals surface area contributed by atoms with Crippen molar-refractivity contribution in [3.8, 4) is 0 Å². The smallest absolute Gasteiger partial charge is 0.319 e. The first kappa shape index (κ1) is 16.7. The molecule has 112 valence electrons. The van der Waals surface area contributed by atoms with Crippen LogP contribution < -0.4 is 10.6 Å². The normalized spacial score (nSPS) is 13.7. The molecule has 2 unspecified atom stereocenters. The van der Waals surface area contributed by atoms with E-state index in [1.807, 2.05) is 6.92 Å². The number of hydrogen-bond acceptors (Lipinski definition) is 2. The van der Waals surface area contributed by atoms with E-state index in [1.54, 1.807) is 6.92 Å².